The van der Waals surface area contributed by atoms with Crippen LogP contribution >= 0.6 is 11.3 Å². The van der Waals surface area contributed by atoms with Gasteiger partial charge in [-0.1, -0.05) is 5.16 Å². The summed E-state index contributed by atoms with van der Waals surface area (Å²) in [5.74, 6) is 0.566. The number of carbonyl (C=O) groups is 1. The monoisotopic (exact) mass is 263 g/mol. The third-order valence-corrected chi connectivity index (χ3v) is 4.11. The van der Waals surface area contributed by atoms with Crippen molar-refractivity contribution >= 4 is 17.2 Å². The molecule has 2 aromatic heterocycles. The quantitative estimate of drug-likeness (QED) is 0.835. The molecule has 0 spiro atoms. The number of hydrogen-bond donors (Lipinski definition) is 0. The highest BCUT2D eigenvalue weighted by molar-refractivity contribution is 7.09. The minimum Gasteiger partial charge on any atom is -0.361 e. The highest BCUT2D eigenvalue weighted by Gasteiger charge is 2.33. The van der Waals surface area contributed by atoms with E-state index in [0.717, 1.165) is 24.4 Å². The van der Waals surface area contributed by atoms with Gasteiger partial charge in [0.15, 0.2) is 0 Å². The van der Waals surface area contributed by atoms with E-state index in [4.69, 9.17) is 4.52 Å². The summed E-state index contributed by atoms with van der Waals surface area (Å²) in [5, 5.41) is 6.62. The molecule has 18 heavy (non-hydrogen) atoms. The third kappa shape index (κ3) is 1.82. The van der Waals surface area contributed by atoms with Crippen LogP contribution in [0.4, 0.5) is 0 Å². The van der Waals surface area contributed by atoms with E-state index < -0.39 is 0 Å². The lowest BCUT2D eigenvalue weighted by atomic mass is 10.2. The van der Waals surface area contributed by atoms with Crippen molar-refractivity contribution in [3.63, 3.8) is 0 Å². The van der Waals surface area contributed by atoms with Crippen LogP contribution in [0.3, 0.4) is 0 Å². The molecule has 0 saturated carbocycles. The van der Waals surface area contributed by atoms with Gasteiger partial charge in [-0.2, -0.15) is 0 Å². The summed E-state index contributed by atoms with van der Waals surface area (Å²) in [6.07, 6.45) is 5.27. The van der Waals surface area contributed by atoms with Crippen LogP contribution in [0.25, 0.3) is 0 Å². The van der Waals surface area contributed by atoms with E-state index in [-0.39, 0.29) is 11.9 Å². The summed E-state index contributed by atoms with van der Waals surface area (Å²) in [7, 11) is 0. The molecule has 1 atom stereocenters. The number of hydrogen-bond acceptors (Lipinski definition) is 5. The molecule has 0 bridgehead atoms. The number of aromatic nitrogens is 2. The Morgan fingerprint density at radius 1 is 1.61 bits per heavy atom. The fourth-order valence-electron chi connectivity index (χ4n) is 2.32. The molecule has 0 radical (unpaired) electrons. The molecule has 1 aliphatic heterocycles. The molecule has 5 nitrogen and oxygen atoms in total. The van der Waals surface area contributed by atoms with Crippen LogP contribution in [0.15, 0.2) is 22.3 Å². The molecule has 0 aliphatic carbocycles. The van der Waals surface area contributed by atoms with E-state index in [2.05, 4.69) is 10.1 Å². The van der Waals surface area contributed by atoms with E-state index in [9.17, 15) is 4.79 Å². The Morgan fingerprint density at radius 3 is 3.17 bits per heavy atom. The number of rotatable bonds is 2. The first-order chi connectivity index (χ1) is 8.77. The normalized spacial score (nSPS) is 19.4. The van der Waals surface area contributed by atoms with Gasteiger partial charge in [0.25, 0.3) is 5.91 Å². The van der Waals surface area contributed by atoms with Gasteiger partial charge in [-0.25, -0.2) is 4.98 Å². The molecular weight excluding hydrogens is 250 g/mol. The second kappa shape index (κ2) is 4.53. The maximum atomic E-state index is 12.4. The SMILES string of the molecule is Cc1oncc1C(=O)N1CCCC1c1nccs1. The minimum absolute atomic E-state index is 0.00792. The van der Waals surface area contributed by atoms with Crippen LogP contribution in [-0.2, 0) is 0 Å². The Bertz CT molecular complexity index is 549. The van der Waals surface area contributed by atoms with Crippen LogP contribution in [0.5, 0.6) is 0 Å². The van der Waals surface area contributed by atoms with Crippen molar-refractivity contribution in [2.45, 2.75) is 25.8 Å². The smallest absolute Gasteiger partial charge is 0.259 e. The van der Waals surface area contributed by atoms with Gasteiger partial charge < -0.3 is 9.42 Å². The van der Waals surface area contributed by atoms with Crippen LogP contribution in [0.2, 0.25) is 0 Å². The van der Waals surface area contributed by atoms with Gasteiger partial charge >= 0.3 is 0 Å². The van der Waals surface area contributed by atoms with Crippen molar-refractivity contribution in [1.29, 1.82) is 0 Å². The van der Waals surface area contributed by atoms with Crippen molar-refractivity contribution in [3.8, 4) is 0 Å². The topological polar surface area (TPSA) is 59.2 Å². The molecule has 0 N–H and O–H groups in total. The summed E-state index contributed by atoms with van der Waals surface area (Å²) in [4.78, 5) is 18.6. The Balaban J connectivity index is 1.88. The molecule has 94 valence electrons. The Kier molecular flexibility index (Phi) is 2.87. The average molecular weight is 263 g/mol. The molecule has 6 heteroatoms. The molecule has 3 heterocycles. The van der Waals surface area contributed by atoms with Crippen molar-refractivity contribution in [2.75, 3.05) is 6.54 Å². The van der Waals surface area contributed by atoms with Crippen molar-refractivity contribution < 1.29 is 9.32 Å². The Labute approximate surface area is 108 Å². The summed E-state index contributed by atoms with van der Waals surface area (Å²) in [6, 6.07) is 0.104. The molecule has 1 unspecified atom stereocenters. The first kappa shape index (κ1) is 11.4. The minimum atomic E-state index is -0.00792. The fraction of sp³-hybridized carbons (Fsp3) is 0.417. The van der Waals surface area contributed by atoms with E-state index in [1.54, 1.807) is 24.5 Å². The van der Waals surface area contributed by atoms with E-state index in [0.29, 0.717) is 11.3 Å². The highest BCUT2D eigenvalue weighted by Crippen LogP contribution is 2.34. The van der Waals surface area contributed by atoms with E-state index in [1.807, 2.05) is 10.3 Å². The lowest BCUT2D eigenvalue weighted by molar-refractivity contribution is 0.0733. The van der Waals surface area contributed by atoms with Crippen molar-refractivity contribution in [2.24, 2.45) is 0 Å². The number of amides is 1. The van der Waals surface area contributed by atoms with Gasteiger partial charge in [0, 0.05) is 18.1 Å². The summed E-state index contributed by atoms with van der Waals surface area (Å²) >= 11 is 1.60. The average Bonchev–Trinajstić information content (AvgIpc) is 3.09. The molecule has 1 aliphatic rings. The second-order valence-corrected chi connectivity index (χ2v) is 5.25. The van der Waals surface area contributed by atoms with Crippen LogP contribution < -0.4 is 0 Å². The molecule has 1 fully saturated rings. The van der Waals surface area contributed by atoms with Gasteiger partial charge in [0.1, 0.15) is 16.3 Å². The first-order valence-corrected chi connectivity index (χ1v) is 6.77. The molecule has 1 amide bonds. The number of carbonyl (C=O) groups excluding carboxylic acids is 1. The summed E-state index contributed by atoms with van der Waals surface area (Å²) < 4.78 is 4.96. The van der Waals surface area contributed by atoms with E-state index in [1.165, 1.54) is 6.20 Å². The van der Waals surface area contributed by atoms with Crippen LogP contribution in [0, 0.1) is 6.92 Å². The predicted molar refractivity (Wildman–Crippen MR) is 66.4 cm³/mol. The molecule has 1 saturated heterocycles. The zero-order valence-electron chi connectivity index (χ0n) is 10.00. The molecule has 2 aromatic rings. The predicted octanol–water partition coefficient (Wildman–Crippen LogP) is 2.42. The number of thiazole rings is 1. The lowest BCUT2D eigenvalue weighted by Gasteiger charge is -2.22. The molecular formula is C12H13N3O2S. The van der Waals surface area contributed by atoms with Crippen molar-refractivity contribution in [3.05, 3.63) is 34.1 Å². The zero-order chi connectivity index (χ0) is 12.5. The van der Waals surface area contributed by atoms with Crippen LogP contribution in [0.1, 0.15) is 40.0 Å². The van der Waals surface area contributed by atoms with Crippen molar-refractivity contribution in [1.82, 2.24) is 15.0 Å². The largest absolute Gasteiger partial charge is 0.361 e. The van der Waals surface area contributed by atoms with Gasteiger partial charge in [0.2, 0.25) is 0 Å². The number of likely N-dealkylation sites (tertiary alicyclic amines) is 1. The third-order valence-electron chi connectivity index (χ3n) is 3.23. The lowest BCUT2D eigenvalue weighted by Crippen LogP contribution is -2.30. The standard InChI is InChI=1S/C12H13N3O2S/c1-8-9(7-14-17-8)12(16)15-5-2-3-10(15)11-13-4-6-18-11/h4,6-7,10H,2-3,5H2,1H3. The summed E-state index contributed by atoms with van der Waals surface area (Å²) in [5.41, 5.74) is 0.554. The molecule has 3 rings (SSSR count). The van der Waals surface area contributed by atoms with Gasteiger partial charge in [-0.05, 0) is 19.8 Å². The maximum Gasteiger partial charge on any atom is 0.259 e. The number of aryl methyl sites for hydroxylation is 1. The fourth-order valence-corrected chi connectivity index (χ4v) is 3.11. The maximum absolute atomic E-state index is 12.4. The summed E-state index contributed by atoms with van der Waals surface area (Å²) in [6.45, 7) is 2.53. The Morgan fingerprint density at radius 2 is 2.50 bits per heavy atom. The zero-order valence-corrected chi connectivity index (χ0v) is 10.8. The van der Waals surface area contributed by atoms with Gasteiger partial charge in [-0.3, -0.25) is 4.79 Å². The Hall–Kier alpha value is -1.69. The first-order valence-electron chi connectivity index (χ1n) is 5.89. The second-order valence-electron chi connectivity index (χ2n) is 4.32. The molecule has 0 aromatic carbocycles. The van der Waals surface area contributed by atoms with E-state index >= 15 is 0 Å². The number of nitrogens with zero attached hydrogens (tertiary/aromatic N) is 3. The highest BCUT2D eigenvalue weighted by atomic mass is 32.1. The van der Waals surface area contributed by atoms with Crippen LogP contribution in [-0.4, -0.2) is 27.5 Å². The van der Waals surface area contributed by atoms with Gasteiger partial charge in [-0.15, -0.1) is 11.3 Å². The van der Waals surface area contributed by atoms with Gasteiger partial charge in [0.05, 0.1) is 12.2 Å².